The second-order valence-electron chi connectivity index (χ2n) is 4.42. The minimum atomic E-state index is 0.708. The number of hydrogen-bond acceptors (Lipinski definition) is 1. The first-order valence-electron chi connectivity index (χ1n) is 6.06. The number of halogens is 1. The van der Waals surface area contributed by atoms with E-state index in [1.54, 1.807) is 0 Å². The molecule has 2 nitrogen and oxygen atoms in total. The van der Waals surface area contributed by atoms with Crippen LogP contribution in [0.1, 0.15) is 19.8 Å². The average molecular weight is 296 g/mol. The number of aromatic nitrogens is 1. The number of ether oxygens (including phenoxy) is 1. The second-order valence-corrected chi connectivity index (χ2v) is 5.21. The lowest BCUT2D eigenvalue weighted by molar-refractivity contribution is 0.285. The van der Waals surface area contributed by atoms with E-state index in [-0.39, 0.29) is 0 Å². The molecule has 1 heterocycles. The summed E-state index contributed by atoms with van der Waals surface area (Å²) < 4.78 is 5.86. The third-order valence-corrected chi connectivity index (χ3v) is 3.48. The predicted octanol–water partition coefficient (Wildman–Crippen LogP) is 4.36. The summed E-state index contributed by atoms with van der Waals surface area (Å²) in [6.07, 6.45) is 4.26. The standard InChI is InChI=1S/C14H18BrNO/c1-11(5-8-15)7-10-17-14-4-2-3-13-12(14)6-9-16-13/h2-4,6,9,11,16H,5,7-8,10H2,1H3/t11-/m1/s1. The van der Waals surface area contributed by atoms with Crippen molar-refractivity contribution in [1.29, 1.82) is 0 Å². The molecule has 0 saturated heterocycles. The summed E-state index contributed by atoms with van der Waals surface area (Å²) in [4.78, 5) is 3.19. The Kier molecular flexibility index (Phi) is 4.49. The second kappa shape index (κ2) is 6.10. The Balaban J connectivity index is 1.92. The fourth-order valence-electron chi connectivity index (χ4n) is 1.88. The molecule has 3 heteroatoms. The molecular weight excluding hydrogens is 278 g/mol. The number of rotatable bonds is 6. The van der Waals surface area contributed by atoms with Crippen molar-refractivity contribution in [2.45, 2.75) is 19.8 Å². The molecule has 0 bridgehead atoms. The minimum absolute atomic E-state index is 0.708. The number of benzene rings is 1. The summed E-state index contributed by atoms with van der Waals surface area (Å²) in [5.74, 6) is 1.69. The fraction of sp³-hybridized carbons (Fsp3) is 0.429. The van der Waals surface area contributed by atoms with Crippen LogP contribution in [0.3, 0.4) is 0 Å². The van der Waals surface area contributed by atoms with Crippen molar-refractivity contribution < 1.29 is 4.74 Å². The van der Waals surface area contributed by atoms with Gasteiger partial charge in [-0.15, -0.1) is 0 Å². The number of alkyl halides is 1. The molecular formula is C14H18BrNO. The van der Waals surface area contributed by atoms with Gasteiger partial charge >= 0.3 is 0 Å². The molecule has 0 radical (unpaired) electrons. The Bertz CT molecular complexity index is 466. The largest absolute Gasteiger partial charge is 0.493 e. The topological polar surface area (TPSA) is 25.0 Å². The highest BCUT2D eigenvalue weighted by atomic mass is 79.9. The lowest BCUT2D eigenvalue weighted by atomic mass is 10.1. The van der Waals surface area contributed by atoms with Crippen LogP contribution in [0.5, 0.6) is 5.75 Å². The number of H-pyrrole nitrogens is 1. The van der Waals surface area contributed by atoms with E-state index < -0.39 is 0 Å². The SMILES string of the molecule is C[C@H](CCBr)CCOc1cccc2[nH]ccc12. The van der Waals surface area contributed by atoms with Gasteiger partial charge in [0.05, 0.1) is 6.61 Å². The highest BCUT2D eigenvalue weighted by Crippen LogP contribution is 2.24. The van der Waals surface area contributed by atoms with Gasteiger partial charge in [-0.05, 0) is 37.0 Å². The molecule has 1 N–H and O–H groups in total. The summed E-state index contributed by atoms with van der Waals surface area (Å²) in [5.41, 5.74) is 1.14. The molecule has 0 aliphatic carbocycles. The molecule has 2 rings (SSSR count). The number of fused-ring (bicyclic) bond motifs is 1. The van der Waals surface area contributed by atoms with Crippen LogP contribution in [-0.2, 0) is 0 Å². The quantitative estimate of drug-likeness (QED) is 0.787. The molecule has 0 fully saturated rings. The zero-order chi connectivity index (χ0) is 12.1. The molecule has 0 unspecified atom stereocenters. The molecule has 17 heavy (non-hydrogen) atoms. The average Bonchev–Trinajstić information content (AvgIpc) is 2.78. The van der Waals surface area contributed by atoms with Crippen molar-refractivity contribution >= 4 is 26.8 Å². The van der Waals surface area contributed by atoms with Gasteiger partial charge in [0.15, 0.2) is 0 Å². The van der Waals surface area contributed by atoms with Gasteiger partial charge in [-0.3, -0.25) is 0 Å². The molecule has 1 aromatic heterocycles. The molecule has 0 spiro atoms. The Morgan fingerprint density at radius 2 is 2.18 bits per heavy atom. The first kappa shape index (κ1) is 12.5. The lowest BCUT2D eigenvalue weighted by Crippen LogP contribution is -2.04. The molecule has 0 aliphatic rings. The zero-order valence-electron chi connectivity index (χ0n) is 10.1. The predicted molar refractivity (Wildman–Crippen MR) is 76.0 cm³/mol. The first-order valence-corrected chi connectivity index (χ1v) is 7.18. The van der Waals surface area contributed by atoms with Gasteiger partial charge in [0.2, 0.25) is 0 Å². The van der Waals surface area contributed by atoms with Gasteiger partial charge in [-0.1, -0.05) is 28.9 Å². The van der Waals surface area contributed by atoms with E-state index >= 15 is 0 Å². The number of hydrogen-bond donors (Lipinski definition) is 1. The van der Waals surface area contributed by atoms with Crippen LogP contribution in [-0.4, -0.2) is 16.9 Å². The fourth-order valence-corrected chi connectivity index (χ4v) is 2.66. The van der Waals surface area contributed by atoms with Crippen LogP contribution in [0, 0.1) is 5.92 Å². The van der Waals surface area contributed by atoms with Crippen LogP contribution in [0.2, 0.25) is 0 Å². The summed E-state index contributed by atoms with van der Waals surface area (Å²) in [6, 6.07) is 8.18. The third kappa shape index (κ3) is 3.25. The van der Waals surface area contributed by atoms with Crippen molar-refractivity contribution in [2.75, 3.05) is 11.9 Å². The van der Waals surface area contributed by atoms with Gasteiger partial charge in [-0.2, -0.15) is 0 Å². The van der Waals surface area contributed by atoms with E-state index in [4.69, 9.17) is 4.74 Å². The molecule has 2 aromatic rings. The van der Waals surface area contributed by atoms with Gasteiger partial charge in [0.1, 0.15) is 5.75 Å². The van der Waals surface area contributed by atoms with Crippen LogP contribution >= 0.6 is 15.9 Å². The maximum absolute atomic E-state index is 5.86. The smallest absolute Gasteiger partial charge is 0.128 e. The summed E-state index contributed by atoms with van der Waals surface area (Å²) in [5, 5.41) is 2.24. The molecule has 0 amide bonds. The van der Waals surface area contributed by atoms with Crippen molar-refractivity contribution in [2.24, 2.45) is 5.92 Å². The van der Waals surface area contributed by atoms with Crippen molar-refractivity contribution in [3.05, 3.63) is 30.5 Å². The summed E-state index contributed by atoms with van der Waals surface area (Å²) in [6.45, 7) is 3.06. The van der Waals surface area contributed by atoms with Crippen molar-refractivity contribution in [1.82, 2.24) is 4.98 Å². The Labute approximate surface area is 110 Å². The van der Waals surface area contributed by atoms with Crippen molar-refractivity contribution in [3.8, 4) is 5.75 Å². The normalized spacial score (nSPS) is 12.8. The van der Waals surface area contributed by atoms with E-state index in [1.807, 2.05) is 18.3 Å². The molecule has 0 aliphatic heterocycles. The van der Waals surface area contributed by atoms with E-state index in [0.717, 1.165) is 29.6 Å². The lowest BCUT2D eigenvalue weighted by Gasteiger charge is -2.11. The number of aromatic amines is 1. The number of nitrogens with one attached hydrogen (secondary N) is 1. The summed E-state index contributed by atoms with van der Waals surface area (Å²) in [7, 11) is 0. The van der Waals surface area contributed by atoms with E-state index in [9.17, 15) is 0 Å². The van der Waals surface area contributed by atoms with Gasteiger partial charge in [0.25, 0.3) is 0 Å². The van der Waals surface area contributed by atoms with Gasteiger partial charge < -0.3 is 9.72 Å². The molecule has 0 saturated carbocycles. The highest BCUT2D eigenvalue weighted by Gasteiger charge is 2.04. The van der Waals surface area contributed by atoms with Gasteiger partial charge in [0, 0.05) is 22.4 Å². The maximum atomic E-state index is 5.86. The Morgan fingerprint density at radius 3 is 3.00 bits per heavy atom. The molecule has 92 valence electrons. The third-order valence-electron chi connectivity index (χ3n) is 3.03. The van der Waals surface area contributed by atoms with Crippen LogP contribution in [0.25, 0.3) is 10.9 Å². The van der Waals surface area contributed by atoms with Gasteiger partial charge in [-0.25, -0.2) is 0 Å². The van der Waals surface area contributed by atoms with E-state index in [1.165, 1.54) is 11.8 Å². The molecule has 1 atom stereocenters. The maximum Gasteiger partial charge on any atom is 0.128 e. The first-order chi connectivity index (χ1) is 8.31. The van der Waals surface area contributed by atoms with Crippen LogP contribution in [0.4, 0.5) is 0 Å². The Hall–Kier alpha value is -0.960. The Morgan fingerprint density at radius 1 is 1.29 bits per heavy atom. The minimum Gasteiger partial charge on any atom is -0.493 e. The van der Waals surface area contributed by atoms with Crippen LogP contribution in [0.15, 0.2) is 30.5 Å². The van der Waals surface area contributed by atoms with Crippen LogP contribution < -0.4 is 4.74 Å². The van der Waals surface area contributed by atoms with Crippen molar-refractivity contribution in [3.63, 3.8) is 0 Å². The molecule has 1 aromatic carbocycles. The van der Waals surface area contributed by atoms with E-state index in [2.05, 4.69) is 40.0 Å². The zero-order valence-corrected chi connectivity index (χ0v) is 11.7. The monoisotopic (exact) mass is 295 g/mol. The summed E-state index contributed by atoms with van der Waals surface area (Å²) >= 11 is 3.47. The highest BCUT2D eigenvalue weighted by molar-refractivity contribution is 9.09. The van der Waals surface area contributed by atoms with E-state index in [0.29, 0.717) is 5.92 Å².